The van der Waals surface area contributed by atoms with Crippen LogP contribution >= 0.6 is 0 Å². The van der Waals surface area contributed by atoms with Gasteiger partial charge in [0.25, 0.3) is 5.69 Å². The number of hydrogen-bond acceptors (Lipinski definition) is 3. The summed E-state index contributed by atoms with van der Waals surface area (Å²) in [4.78, 5) is 21.4. The molecule has 116 valence electrons. The molecule has 3 rings (SSSR count). The van der Waals surface area contributed by atoms with Crippen LogP contribution in [0.4, 0.5) is 5.69 Å². The van der Waals surface area contributed by atoms with Crippen LogP contribution in [0, 0.1) is 10.1 Å². The predicted octanol–water partition coefficient (Wildman–Crippen LogP) is 3.69. The molecule has 0 saturated carbocycles. The van der Waals surface area contributed by atoms with Crippen molar-refractivity contribution in [2.75, 3.05) is 0 Å². The van der Waals surface area contributed by atoms with Gasteiger partial charge in [-0.15, -0.1) is 0 Å². The molecule has 0 saturated heterocycles. The number of aromatic nitrogens is 1. The lowest BCUT2D eigenvalue weighted by Gasteiger charge is -2.09. The first-order valence-corrected chi connectivity index (χ1v) is 7.11. The predicted molar refractivity (Wildman–Crippen MR) is 86.3 cm³/mol. The smallest absolute Gasteiger partial charge is 0.305 e. The molecule has 6 nitrogen and oxygen atoms in total. The fourth-order valence-electron chi connectivity index (χ4n) is 2.67. The van der Waals surface area contributed by atoms with Crippen LogP contribution in [0.3, 0.4) is 0 Å². The maximum atomic E-state index is 10.9. The topological polar surface area (TPSA) is 85.4 Å². The van der Waals surface area contributed by atoms with Crippen molar-refractivity contribution in [3.63, 3.8) is 0 Å². The first kappa shape index (κ1) is 14.8. The summed E-state index contributed by atoms with van der Waals surface area (Å²) in [5, 5.41) is 20.6. The Balaban J connectivity index is 2.18. The number of carboxylic acid groups (broad SMARTS) is 1. The Morgan fingerprint density at radius 2 is 1.87 bits per heavy atom. The summed E-state index contributed by atoms with van der Waals surface area (Å²) in [6, 6.07) is 16.0. The van der Waals surface area contributed by atoms with E-state index in [1.807, 2.05) is 41.0 Å². The molecule has 0 fully saturated rings. The average molecular weight is 310 g/mol. The monoisotopic (exact) mass is 310 g/mol. The van der Waals surface area contributed by atoms with Gasteiger partial charge in [-0.05, 0) is 17.7 Å². The van der Waals surface area contributed by atoms with Crippen molar-refractivity contribution in [3.8, 4) is 11.3 Å². The number of benzene rings is 2. The van der Waals surface area contributed by atoms with Gasteiger partial charge < -0.3 is 9.67 Å². The number of carboxylic acids is 1. The summed E-state index contributed by atoms with van der Waals surface area (Å²) < 4.78 is 1.89. The van der Waals surface area contributed by atoms with E-state index in [4.69, 9.17) is 5.11 Å². The third kappa shape index (κ3) is 2.91. The largest absolute Gasteiger partial charge is 0.481 e. The maximum Gasteiger partial charge on any atom is 0.305 e. The van der Waals surface area contributed by atoms with E-state index >= 15 is 0 Å². The first-order chi connectivity index (χ1) is 11.1. The second kappa shape index (κ2) is 5.92. The van der Waals surface area contributed by atoms with Crippen molar-refractivity contribution in [3.05, 3.63) is 64.7 Å². The van der Waals surface area contributed by atoms with Gasteiger partial charge in [-0.25, -0.2) is 0 Å². The Morgan fingerprint density at radius 3 is 2.52 bits per heavy atom. The molecule has 2 aromatic carbocycles. The minimum atomic E-state index is -0.882. The van der Waals surface area contributed by atoms with Crippen molar-refractivity contribution in [2.45, 2.75) is 13.0 Å². The number of carbonyl (C=O) groups is 1. The summed E-state index contributed by atoms with van der Waals surface area (Å²) >= 11 is 0. The molecule has 0 aliphatic heterocycles. The molecule has 0 spiro atoms. The lowest BCUT2D eigenvalue weighted by Crippen LogP contribution is -2.05. The molecule has 3 aromatic rings. The van der Waals surface area contributed by atoms with Crippen LogP contribution < -0.4 is 0 Å². The zero-order chi connectivity index (χ0) is 16.4. The van der Waals surface area contributed by atoms with Crippen LogP contribution in [-0.2, 0) is 11.3 Å². The van der Waals surface area contributed by atoms with E-state index in [9.17, 15) is 14.9 Å². The Kier molecular flexibility index (Phi) is 3.80. The number of non-ortho nitro benzene ring substituents is 1. The minimum absolute atomic E-state index is 0.0133. The highest BCUT2D eigenvalue weighted by atomic mass is 16.6. The summed E-state index contributed by atoms with van der Waals surface area (Å²) in [6.45, 7) is 0.306. The second-order valence-corrected chi connectivity index (χ2v) is 5.19. The highest BCUT2D eigenvalue weighted by molar-refractivity contribution is 5.89. The summed E-state index contributed by atoms with van der Waals surface area (Å²) in [6.07, 6.45) is -0.0133. The molecule has 0 aliphatic carbocycles. The number of hydrogen-bond donors (Lipinski definition) is 1. The van der Waals surface area contributed by atoms with Crippen molar-refractivity contribution in [1.82, 2.24) is 4.57 Å². The van der Waals surface area contributed by atoms with Crippen molar-refractivity contribution < 1.29 is 14.8 Å². The van der Waals surface area contributed by atoms with Crippen molar-refractivity contribution >= 4 is 22.6 Å². The third-order valence-corrected chi connectivity index (χ3v) is 3.71. The van der Waals surface area contributed by atoms with Crippen LogP contribution in [0.25, 0.3) is 22.2 Å². The van der Waals surface area contributed by atoms with Gasteiger partial charge in [0, 0.05) is 35.3 Å². The Hall–Kier alpha value is -3.15. The van der Waals surface area contributed by atoms with E-state index in [2.05, 4.69) is 0 Å². The zero-order valence-electron chi connectivity index (χ0n) is 12.2. The highest BCUT2D eigenvalue weighted by Crippen LogP contribution is 2.30. The quantitative estimate of drug-likeness (QED) is 0.575. The number of fused-ring (bicyclic) bond motifs is 1. The van der Waals surface area contributed by atoms with Gasteiger partial charge in [0.1, 0.15) is 0 Å². The van der Waals surface area contributed by atoms with Gasteiger partial charge in [0.15, 0.2) is 0 Å². The van der Waals surface area contributed by atoms with Crippen LogP contribution in [0.15, 0.2) is 54.6 Å². The van der Waals surface area contributed by atoms with Crippen LogP contribution in [0.2, 0.25) is 0 Å². The van der Waals surface area contributed by atoms with Crippen molar-refractivity contribution in [1.29, 1.82) is 0 Å². The fourth-order valence-corrected chi connectivity index (χ4v) is 2.67. The molecule has 0 unspecified atom stereocenters. The average Bonchev–Trinajstić information content (AvgIpc) is 2.91. The Morgan fingerprint density at radius 1 is 1.13 bits per heavy atom. The van der Waals surface area contributed by atoms with Gasteiger partial charge in [-0.2, -0.15) is 0 Å². The number of nitrogens with zero attached hydrogens (tertiary/aromatic N) is 2. The zero-order valence-corrected chi connectivity index (χ0v) is 12.2. The molecule has 0 bridgehead atoms. The molecule has 0 amide bonds. The summed E-state index contributed by atoms with van der Waals surface area (Å²) in [7, 11) is 0. The van der Waals surface area contributed by atoms with E-state index in [0.29, 0.717) is 6.54 Å². The summed E-state index contributed by atoms with van der Waals surface area (Å²) in [5.41, 5.74) is 2.60. The number of rotatable bonds is 5. The normalized spacial score (nSPS) is 10.8. The van der Waals surface area contributed by atoms with E-state index in [-0.39, 0.29) is 12.1 Å². The lowest BCUT2D eigenvalue weighted by atomic mass is 10.1. The number of aryl methyl sites for hydroxylation is 1. The molecule has 1 aromatic heterocycles. The maximum absolute atomic E-state index is 10.9. The van der Waals surface area contributed by atoms with E-state index in [1.165, 1.54) is 12.1 Å². The molecular weight excluding hydrogens is 296 g/mol. The van der Waals surface area contributed by atoms with Gasteiger partial charge in [-0.1, -0.05) is 30.3 Å². The summed E-state index contributed by atoms with van der Waals surface area (Å²) in [5.74, 6) is -0.882. The van der Waals surface area contributed by atoms with Gasteiger partial charge in [-0.3, -0.25) is 14.9 Å². The second-order valence-electron chi connectivity index (χ2n) is 5.19. The molecular formula is C17H14N2O4. The molecule has 6 heteroatoms. The lowest BCUT2D eigenvalue weighted by molar-refractivity contribution is -0.384. The standard InChI is InChI=1S/C17H14N2O4/c20-17(21)8-9-18-15-7-6-14(19(22)23)10-13(15)11-16(18)12-4-2-1-3-5-12/h1-7,10-11H,8-9H2,(H,20,21). The SMILES string of the molecule is O=C(O)CCn1c(-c2ccccc2)cc2cc([N+](=O)[O-])ccc21. The molecule has 23 heavy (non-hydrogen) atoms. The molecule has 0 aliphatic rings. The van der Waals surface area contributed by atoms with Crippen LogP contribution in [0.1, 0.15) is 6.42 Å². The molecule has 1 N–H and O–H groups in total. The first-order valence-electron chi connectivity index (χ1n) is 7.11. The Labute approximate surface area is 131 Å². The minimum Gasteiger partial charge on any atom is -0.481 e. The molecule has 1 heterocycles. The van der Waals surface area contributed by atoms with E-state index in [0.717, 1.165) is 22.2 Å². The molecule has 0 atom stereocenters. The number of aliphatic carboxylic acids is 1. The Bertz CT molecular complexity index is 884. The van der Waals surface area contributed by atoms with Gasteiger partial charge >= 0.3 is 5.97 Å². The fraction of sp³-hybridized carbons (Fsp3) is 0.118. The van der Waals surface area contributed by atoms with Crippen LogP contribution in [-0.4, -0.2) is 20.6 Å². The molecule has 0 radical (unpaired) electrons. The van der Waals surface area contributed by atoms with Gasteiger partial charge in [0.2, 0.25) is 0 Å². The van der Waals surface area contributed by atoms with Gasteiger partial charge in [0.05, 0.1) is 11.3 Å². The van der Waals surface area contributed by atoms with Crippen molar-refractivity contribution in [2.24, 2.45) is 0 Å². The highest BCUT2D eigenvalue weighted by Gasteiger charge is 2.14. The third-order valence-electron chi connectivity index (χ3n) is 3.71. The number of nitro benzene ring substituents is 1. The van der Waals surface area contributed by atoms with Crippen LogP contribution in [0.5, 0.6) is 0 Å². The van der Waals surface area contributed by atoms with E-state index < -0.39 is 10.9 Å². The number of nitro groups is 1. The van der Waals surface area contributed by atoms with E-state index in [1.54, 1.807) is 6.07 Å².